The van der Waals surface area contributed by atoms with Crippen molar-refractivity contribution in [1.29, 1.82) is 0 Å². The lowest BCUT2D eigenvalue weighted by Gasteiger charge is -2.33. The van der Waals surface area contributed by atoms with Gasteiger partial charge in [0.25, 0.3) is 6.47 Å². The van der Waals surface area contributed by atoms with Gasteiger partial charge in [-0.05, 0) is 16.9 Å². The van der Waals surface area contributed by atoms with Gasteiger partial charge in [-0.2, -0.15) is 0 Å². The highest BCUT2D eigenvalue weighted by Gasteiger charge is 2.20. The summed E-state index contributed by atoms with van der Waals surface area (Å²) in [5, 5.41) is 19.0. The molecule has 2 heterocycles. The van der Waals surface area contributed by atoms with Gasteiger partial charge in [0.15, 0.2) is 0 Å². The van der Waals surface area contributed by atoms with Crippen molar-refractivity contribution in [2.75, 3.05) is 49.9 Å². The van der Waals surface area contributed by atoms with Gasteiger partial charge in [-0.15, -0.1) is 0 Å². The molecule has 134 valence electrons. The molecule has 1 fully saturated rings. The number of aromatic nitrogens is 2. The second kappa shape index (κ2) is 10.3. The van der Waals surface area contributed by atoms with E-state index < -0.39 is 0 Å². The first kappa shape index (κ1) is 19.5. The molecular weight excluding hydrogens is 320 g/mol. The van der Waals surface area contributed by atoms with E-state index >= 15 is 0 Å². The van der Waals surface area contributed by atoms with Crippen LogP contribution in [-0.4, -0.2) is 82.8 Å². The second-order valence-electron chi connectivity index (χ2n) is 5.01. The Morgan fingerprint density at radius 1 is 1.17 bits per heavy atom. The molecule has 1 saturated heterocycles. The average molecular weight is 342 g/mol. The van der Waals surface area contributed by atoms with Crippen LogP contribution in [0, 0.1) is 0 Å². The summed E-state index contributed by atoms with van der Waals surface area (Å²) in [6, 6.07) is 0. The third-order valence-corrected chi connectivity index (χ3v) is 3.32. The molecule has 1 aliphatic rings. The highest BCUT2D eigenvalue weighted by atomic mass is 16.6. The quantitative estimate of drug-likeness (QED) is 0.592. The first-order valence-corrected chi connectivity index (χ1v) is 7.42. The van der Waals surface area contributed by atoms with Crippen molar-refractivity contribution < 1.29 is 24.1 Å². The van der Waals surface area contributed by atoms with Gasteiger partial charge in [0, 0.05) is 33.1 Å². The zero-order chi connectivity index (χ0) is 17.9. The van der Waals surface area contributed by atoms with Gasteiger partial charge in [-0.3, -0.25) is 19.3 Å². The standard InChI is InChI=1S/C12H20N6O3.CH2O2/c1-3-17-4-6-18(7-5-17)8-10(20)14-12-11(13-9(2)19)15-21-16-12;2-1-3/h3-8H2,1-2H3,(H,13,15,19)(H,14,16,20);1H,(H,2,3). The van der Waals surface area contributed by atoms with Crippen LogP contribution in [0.1, 0.15) is 13.8 Å². The molecule has 2 rings (SSSR count). The highest BCUT2D eigenvalue weighted by molar-refractivity contribution is 5.97. The highest BCUT2D eigenvalue weighted by Crippen LogP contribution is 2.15. The Balaban J connectivity index is 0.000000891. The maximum Gasteiger partial charge on any atom is 0.290 e. The van der Waals surface area contributed by atoms with Crippen LogP contribution >= 0.6 is 0 Å². The maximum atomic E-state index is 12.0. The molecule has 0 aromatic carbocycles. The van der Waals surface area contributed by atoms with E-state index in [0.717, 1.165) is 32.7 Å². The number of carbonyl (C=O) groups excluding carboxylic acids is 2. The first-order chi connectivity index (χ1) is 11.5. The molecule has 11 heteroatoms. The van der Waals surface area contributed by atoms with E-state index in [1.165, 1.54) is 6.92 Å². The summed E-state index contributed by atoms with van der Waals surface area (Å²) in [7, 11) is 0. The van der Waals surface area contributed by atoms with Crippen molar-refractivity contribution in [2.45, 2.75) is 13.8 Å². The predicted octanol–water partition coefficient (Wildman–Crippen LogP) is -0.695. The van der Waals surface area contributed by atoms with Gasteiger partial charge < -0.3 is 20.6 Å². The Kier molecular flexibility index (Phi) is 8.36. The number of anilines is 2. The summed E-state index contributed by atoms with van der Waals surface area (Å²) in [4.78, 5) is 35.7. The lowest BCUT2D eigenvalue weighted by Crippen LogP contribution is -2.48. The van der Waals surface area contributed by atoms with Gasteiger partial charge in [0.05, 0.1) is 6.54 Å². The van der Waals surface area contributed by atoms with Gasteiger partial charge in [0.2, 0.25) is 23.5 Å². The molecule has 1 aliphatic heterocycles. The number of nitrogens with one attached hydrogen (secondary N) is 2. The number of nitrogens with zero attached hydrogens (tertiary/aromatic N) is 4. The van der Waals surface area contributed by atoms with E-state index in [9.17, 15) is 9.59 Å². The number of piperazine rings is 1. The molecule has 0 atom stereocenters. The number of rotatable bonds is 5. The van der Waals surface area contributed by atoms with Crippen molar-refractivity contribution in [2.24, 2.45) is 0 Å². The number of hydrogen-bond donors (Lipinski definition) is 3. The Labute approximate surface area is 138 Å². The molecule has 3 N–H and O–H groups in total. The third-order valence-electron chi connectivity index (χ3n) is 3.32. The lowest BCUT2D eigenvalue weighted by atomic mass is 10.3. The monoisotopic (exact) mass is 342 g/mol. The zero-order valence-corrected chi connectivity index (χ0v) is 13.7. The summed E-state index contributed by atoms with van der Waals surface area (Å²) >= 11 is 0. The van der Waals surface area contributed by atoms with Crippen LogP contribution < -0.4 is 10.6 Å². The fourth-order valence-electron chi connectivity index (χ4n) is 2.16. The molecule has 0 radical (unpaired) electrons. The van der Waals surface area contributed by atoms with E-state index in [1.54, 1.807) is 0 Å². The fourth-order valence-corrected chi connectivity index (χ4v) is 2.16. The molecule has 1 aromatic rings. The van der Waals surface area contributed by atoms with Crippen molar-refractivity contribution in [3.05, 3.63) is 0 Å². The van der Waals surface area contributed by atoms with Crippen molar-refractivity contribution in [1.82, 2.24) is 20.1 Å². The molecule has 1 aromatic heterocycles. The van der Waals surface area contributed by atoms with Crippen molar-refractivity contribution in [3.63, 3.8) is 0 Å². The van der Waals surface area contributed by atoms with Crippen LogP contribution in [-0.2, 0) is 14.4 Å². The Bertz CT molecular complexity index is 541. The minimum Gasteiger partial charge on any atom is -0.483 e. The number of hydrogen-bond acceptors (Lipinski definition) is 8. The molecule has 0 saturated carbocycles. The number of carboxylic acid groups (broad SMARTS) is 1. The lowest BCUT2D eigenvalue weighted by molar-refractivity contribution is -0.123. The smallest absolute Gasteiger partial charge is 0.290 e. The number of likely N-dealkylation sites (N-methyl/N-ethyl adjacent to an activating group) is 1. The number of amides is 2. The van der Waals surface area contributed by atoms with Crippen LogP contribution in [0.3, 0.4) is 0 Å². The zero-order valence-electron chi connectivity index (χ0n) is 13.7. The van der Waals surface area contributed by atoms with Crippen LogP contribution in [0.15, 0.2) is 4.63 Å². The molecule has 0 unspecified atom stereocenters. The van der Waals surface area contributed by atoms with Gasteiger partial charge >= 0.3 is 0 Å². The van der Waals surface area contributed by atoms with Crippen molar-refractivity contribution >= 4 is 29.9 Å². The maximum absolute atomic E-state index is 12.0. The third kappa shape index (κ3) is 6.71. The molecule has 2 amide bonds. The van der Waals surface area contributed by atoms with E-state index in [-0.39, 0.29) is 36.5 Å². The summed E-state index contributed by atoms with van der Waals surface area (Å²) in [5.74, 6) is -0.270. The average Bonchev–Trinajstić information content (AvgIpc) is 2.95. The minimum absolute atomic E-state index is 0.117. The van der Waals surface area contributed by atoms with Gasteiger partial charge in [-0.1, -0.05) is 6.92 Å². The van der Waals surface area contributed by atoms with Gasteiger partial charge in [0.1, 0.15) is 0 Å². The van der Waals surface area contributed by atoms with Gasteiger partial charge in [-0.25, -0.2) is 4.63 Å². The molecule has 0 bridgehead atoms. The number of carbonyl (C=O) groups is 3. The minimum atomic E-state index is -0.308. The van der Waals surface area contributed by atoms with E-state index in [2.05, 4.69) is 42.3 Å². The second-order valence-corrected chi connectivity index (χ2v) is 5.01. The van der Waals surface area contributed by atoms with Crippen LogP contribution in [0.4, 0.5) is 11.6 Å². The van der Waals surface area contributed by atoms with E-state index in [0.29, 0.717) is 0 Å². The summed E-state index contributed by atoms with van der Waals surface area (Å²) in [6.45, 7) is 8.18. The molecule has 11 nitrogen and oxygen atoms in total. The van der Waals surface area contributed by atoms with E-state index in [4.69, 9.17) is 9.90 Å². The fraction of sp³-hybridized carbons (Fsp3) is 0.615. The summed E-state index contributed by atoms with van der Waals surface area (Å²) in [6.07, 6.45) is 0. The largest absolute Gasteiger partial charge is 0.483 e. The summed E-state index contributed by atoms with van der Waals surface area (Å²) < 4.78 is 4.52. The molecule has 0 spiro atoms. The SMILES string of the molecule is CCN1CCN(CC(=O)Nc2nonc2NC(C)=O)CC1.O=CO. The van der Waals surface area contributed by atoms with Crippen molar-refractivity contribution in [3.8, 4) is 0 Å². The molecular formula is C13H22N6O5. The first-order valence-electron chi connectivity index (χ1n) is 7.42. The normalized spacial score (nSPS) is 15.1. The topological polar surface area (TPSA) is 141 Å². The van der Waals surface area contributed by atoms with Crippen LogP contribution in [0.25, 0.3) is 0 Å². The Morgan fingerprint density at radius 2 is 1.67 bits per heavy atom. The molecule has 0 aliphatic carbocycles. The molecule has 24 heavy (non-hydrogen) atoms. The van der Waals surface area contributed by atoms with Crippen LogP contribution in [0.5, 0.6) is 0 Å². The van der Waals surface area contributed by atoms with E-state index in [1.807, 2.05) is 0 Å². The summed E-state index contributed by atoms with van der Waals surface area (Å²) in [5.41, 5.74) is 0. The Hall–Kier alpha value is -2.53. The van der Waals surface area contributed by atoms with Crippen LogP contribution in [0.2, 0.25) is 0 Å². The predicted molar refractivity (Wildman–Crippen MR) is 84.5 cm³/mol. The Morgan fingerprint density at radius 3 is 2.17 bits per heavy atom.